The Kier molecular flexibility index (Phi) is 1.83. The van der Waals surface area contributed by atoms with E-state index in [0.29, 0.717) is 5.91 Å². The molecule has 0 aliphatic carbocycles. The summed E-state index contributed by atoms with van der Waals surface area (Å²) in [6.45, 7) is 1.67. The summed E-state index contributed by atoms with van der Waals surface area (Å²) in [5, 5.41) is 0. The van der Waals surface area contributed by atoms with Gasteiger partial charge in [0.2, 0.25) is 5.91 Å². The zero-order chi connectivity index (χ0) is 8.60. The third kappa shape index (κ3) is 0.959. The molecule has 1 amide bonds. The lowest BCUT2D eigenvalue weighted by molar-refractivity contribution is -0.130. The van der Waals surface area contributed by atoms with Crippen LogP contribution in [0.4, 0.5) is 0 Å². The van der Waals surface area contributed by atoms with Gasteiger partial charge in [0.05, 0.1) is 12.1 Å². The van der Waals surface area contributed by atoms with Gasteiger partial charge in [0.15, 0.2) is 0 Å². The minimum absolute atomic E-state index is 0.0891. The Labute approximate surface area is 72.7 Å². The molecule has 2 fully saturated rings. The number of hydrogen-bond acceptors (Lipinski definition) is 2. The van der Waals surface area contributed by atoms with Crippen molar-refractivity contribution in [3.8, 4) is 0 Å². The van der Waals surface area contributed by atoms with Crippen LogP contribution >= 0.6 is 0 Å². The van der Waals surface area contributed by atoms with Crippen molar-refractivity contribution in [1.82, 2.24) is 4.90 Å². The Balaban J connectivity index is 2.17. The molecule has 0 radical (unpaired) electrons. The molecule has 3 nitrogen and oxygen atoms in total. The van der Waals surface area contributed by atoms with Crippen molar-refractivity contribution in [2.24, 2.45) is 0 Å². The predicted molar refractivity (Wildman–Crippen MR) is 44.8 cm³/mol. The quantitative estimate of drug-likeness (QED) is 0.611. The molecule has 68 valence electrons. The third-order valence-corrected chi connectivity index (χ3v) is 3.11. The van der Waals surface area contributed by atoms with Crippen LogP contribution in [-0.4, -0.2) is 36.6 Å². The molecule has 2 aliphatic rings. The van der Waals surface area contributed by atoms with Crippen LogP contribution in [0.2, 0.25) is 0 Å². The number of carbonyl (C=O) groups is 1. The van der Waals surface area contributed by atoms with Gasteiger partial charge in [-0.15, -0.1) is 0 Å². The summed E-state index contributed by atoms with van der Waals surface area (Å²) in [5.41, 5.74) is 0.0891. The van der Waals surface area contributed by atoms with Crippen molar-refractivity contribution < 1.29 is 9.53 Å². The smallest absolute Gasteiger partial charge is 0.223 e. The first-order valence-corrected chi connectivity index (χ1v) is 4.58. The Morgan fingerprint density at radius 2 is 2.42 bits per heavy atom. The van der Waals surface area contributed by atoms with E-state index >= 15 is 0 Å². The first-order valence-electron chi connectivity index (χ1n) is 4.58. The topological polar surface area (TPSA) is 29.5 Å². The van der Waals surface area contributed by atoms with Crippen molar-refractivity contribution in [2.75, 3.05) is 20.3 Å². The fraction of sp³-hybridized carbons (Fsp3) is 0.889. The van der Waals surface area contributed by atoms with Gasteiger partial charge in [0, 0.05) is 20.1 Å². The van der Waals surface area contributed by atoms with Gasteiger partial charge in [-0.25, -0.2) is 0 Å². The number of nitrogens with zero attached hydrogens (tertiary/aromatic N) is 1. The van der Waals surface area contributed by atoms with Gasteiger partial charge in [0.25, 0.3) is 0 Å². The largest absolute Gasteiger partial charge is 0.382 e. The average Bonchev–Trinajstić information content (AvgIpc) is 2.55. The number of hydrogen-bond donors (Lipinski definition) is 0. The molecule has 0 saturated carbocycles. The Morgan fingerprint density at radius 1 is 1.58 bits per heavy atom. The number of carbonyl (C=O) groups excluding carboxylic acids is 1. The van der Waals surface area contributed by atoms with E-state index in [0.717, 1.165) is 38.8 Å². The molecule has 0 N–H and O–H groups in total. The van der Waals surface area contributed by atoms with E-state index in [1.807, 2.05) is 4.90 Å². The molecular formula is C9H15NO2. The molecule has 2 heterocycles. The van der Waals surface area contributed by atoms with E-state index in [1.165, 1.54) is 0 Å². The lowest BCUT2D eigenvalue weighted by Crippen LogP contribution is -2.43. The summed E-state index contributed by atoms with van der Waals surface area (Å²) in [6.07, 6.45) is 4.00. The number of ether oxygens (including phenoxy) is 1. The highest BCUT2D eigenvalue weighted by atomic mass is 16.5. The molecule has 0 aromatic rings. The van der Waals surface area contributed by atoms with Crippen LogP contribution in [0.3, 0.4) is 0 Å². The van der Waals surface area contributed by atoms with Crippen molar-refractivity contribution in [3.05, 3.63) is 0 Å². The molecule has 0 bridgehead atoms. The van der Waals surface area contributed by atoms with E-state index in [2.05, 4.69) is 0 Å². The van der Waals surface area contributed by atoms with Crippen LogP contribution in [-0.2, 0) is 9.53 Å². The van der Waals surface area contributed by atoms with Gasteiger partial charge in [-0.2, -0.15) is 0 Å². The molecule has 2 saturated heterocycles. The monoisotopic (exact) mass is 169 g/mol. The highest BCUT2D eigenvalue weighted by Crippen LogP contribution is 2.39. The lowest BCUT2D eigenvalue weighted by Gasteiger charge is -2.30. The summed E-state index contributed by atoms with van der Waals surface area (Å²) in [4.78, 5) is 13.4. The van der Waals surface area contributed by atoms with Gasteiger partial charge in [0.1, 0.15) is 0 Å². The summed E-state index contributed by atoms with van der Waals surface area (Å²) in [5.74, 6) is 0.324. The van der Waals surface area contributed by atoms with E-state index < -0.39 is 0 Å². The second kappa shape index (κ2) is 2.73. The highest BCUT2D eigenvalue weighted by Gasteiger charge is 2.48. The minimum atomic E-state index is 0.0891. The molecule has 0 spiro atoms. The molecular weight excluding hydrogens is 154 g/mol. The SMILES string of the molecule is COCC12CCCN1C(=O)CC2. The number of fused-ring (bicyclic) bond motifs is 1. The highest BCUT2D eigenvalue weighted by molar-refractivity contribution is 5.80. The Hall–Kier alpha value is -0.570. The first-order chi connectivity index (χ1) is 5.78. The maximum Gasteiger partial charge on any atom is 0.223 e. The molecule has 12 heavy (non-hydrogen) atoms. The fourth-order valence-corrected chi connectivity index (χ4v) is 2.55. The van der Waals surface area contributed by atoms with Gasteiger partial charge < -0.3 is 9.64 Å². The molecule has 0 aromatic heterocycles. The van der Waals surface area contributed by atoms with Crippen molar-refractivity contribution >= 4 is 5.91 Å². The van der Waals surface area contributed by atoms with Crippen molar-refractivity contribution in [3.63, 3.8) is 0 Å². The van der Waals surface area contributed by atoms with E-state index in [9.17, 15) is 4.79 Å². The standard InChI is InChI=1S/C9H15NO2/c1-12-7-9-4-2-6-10(9)8(11)3-5-9/h2-7H2,1H3. The Morgan fingerprint density at radius 3 is 3.17 bits per heavy atom. The average molecular weight is 169 g/mol. The van der Waals surface area contributed by atoms with E-state index in [-0.39, 0.29) is 5.54 Å². The van der Waals surface area contributed by atoms with E-state index in [4.69, 9.17) is 4.74 Å². The summed E-state index contributed by atoms with van der Waals surface area (Å²) >= 11 is 0. The van der Waals surface area contributed by atoms with E-state index in [1.54, 1.807) is 7.11 Å². The number of rotatable bonds is 2. The zero-order valence-electron chi connectivity index (χ0n) is 7.51. The zero-order valence-corrected chi connectivity index (χ0v) is 7.51. The van der Waals surface area contributed by atoms with Crippen LogP contribution in [0, 0.1) is 0 Å². The second-order valence-corrected chi connectivity index (χ2v) is 3.81. The van der Waals surface area contributed by atoms with Gasteiger partial charge in [-0.05, 0) is 19.3 Å². The first kappa shape index (κ1) is 8.05. The van der Waals surface area contributed by atoms with Gasteiger partial charge in [-0.1, -0.05) is 0 Å². The maximum atomic E-state index is 11.4. The molecule has 0 aromatic carbocycles. The normalized spacial score (nSPS) is 34.4. The van der Waals surface area contributed by atoms with Crippen molar-refractivity contribution in [1.29, 1.82) is 0 Å². The minimum Gasteiger partial charge on any atom is -0.382 e. The lowest BCUT2D eigenvalue weighted by atomic mass is 9.95. The van der Waals surface area contributed by atoms with Crippen molar-refractivity contribution in [2.45, 2.75) is 31.2 Å². The molecule has 2 aliphatic heterocycles. The predicted octanol–water partition coefficient (Wildman–Crippen LogP) is 0.788. The molecule has 1 unspecified atom stereocenters. The number of amides is 1. The van der Waals surface area contributed by atoms with Crippen LogP contribution < -0.4 is 0 Å². The van der Waals surface area contributed by atoms with Crippen LogP contribution in [0.25, 0.3) is 0 Å². The van der Waals surface area contributed by atoms with Crippen LogP contribution in [0.1, 0.15) is 25.7 Å². The molecule has 2 rings (SSSR count). The summed E-state index contributed by atoms with van der Waals surface area (Å²) < 4.78 is 5.18. The summed E-state index contributed by atoms with van der Waals surface area (Å²) in [7, 11) is 1.72. The van der Waals surface area contributed by atoms with Gasteiger partial charge >= 0.3 is 0 Å². The van der Waals surface area contributed by atoms with Crippen LogP contribution in [0.5, 0.6) is 0 Å². The second-order valence-electron chi connectivity index (χ2n) is 3.81. The van der Waals surface area contributed by atoms with Crippen LogP contribution in [0.15, 0.2) is 0 Å². The molecule has 3 heteroatoms. The maximum absolute atomic E-state index is 11.4. The Bertz CT molecular complexity index is 205. The third-order valence-electron chi connectivity index (χ3n) is 3.11. The fourth-order valence-electron chi connectivity index (χ4n) is 2.55. The van der Waals surface area contributed by atoms with Gasteiger partial charge in [-0.3, -0.25) is 4.79 Å². The molecule has 1 atom stereocenters. The number of methoxy groups -OCH3 is 1. The summed E-state index contributed by atoms with van der Waals surface area (Å²) in [6, 6.07) is 0.